The molecule has 2 N–H and O–H groups in total. The molecule has 2 atom stereocenters. The van der Waals surface area contributed by atoms with Crippen LogP contribution < -0.4 is 10.6 Å². The maximum Gasteiger partial charge on any atom is 0.416 e. The number of fused-ring (bicyclic) bond motifs is 2. The molecule has 1 fully saturated rings. The summed E-state index contributed by atoms with van der Waals surface area (Å²) in [5.41, 5.74) is 7.45. The topological polar surface area (TPSA) is 29.3 Å². The summed E-state index contributed by atoms with van der Waals surface area (Å²) in [5, 5.41) is 0. The van der Waals surface area contributed by atoms with E-state index in [9.17, 15) is 13.2 Å². The van der Waals surface area contributed by atoms with Crippen molar-refractivity contribution in [3.63, 3.8) is 0 Å². The molecule has 0 radical (unpaired) electrons. The van der Waals surface area contributed by atoms with Gasteiger partial charge >= 0.3 is 6.18 Å². The highest BCUT2D eigenvalue weighted by Gasteiger charge is 2.34. The van der Waals surface area contributed by atoms with Crippen molar-refractivity contribution in [2.24, 2.45) is 11.7 Å². The summed E-state index contributed by atoms with van der Waals surface area (Å²) in [6, 6.07) is 10.3. The maximum absolute atomic E-state index is 13.2. The van der Waals surface area contributed by atoms with Crippen LogP contribution in [0.1, 0.15) is 31.2 Å². The number of nitrogens with zero attached hydrogens (tertiary/aromatic N) is 1. The molecule has 2 aromatic carbocycles. The predicted octanol–water partition coefficient (Wildman–Crippen LogP) is 6.59. The van der Waals surface area contributed by atoms with Crippen LogP contribution >= 0.6 is 27.7 Å². The lowest BCUT2D eigenvalue weighted by atomic mass is 9.85. The van der Waals surface area contributed by atoms with Gasteiger partial charge in [0.1, 0.15) is 0 Å². The van der Waals surface area contributed by atoms with Gasteiger partial charge in [0.05, 0.1) is 16.9 Å². The number of anilines is 2. The first-order chi connectivity index (χ1) is 12.8. The molecule has 1 aliphatic carbocycles. The van der Waals surface area contributed by atoms with Gasteiger partial charge in [0, 0.05) is 26.9 Å². The first-order valence-corrected chi connectivity index (χ1v) is 10.6. The zero-order chi connectivity index (χ0) is 19.2. The number of nitrogens with two attached hydrogens (primary N) is 1. The number of alkyl halides is 3. The first-order valence-electron chi connectivity index (χ1n) is 9.03. The van der Waals surface area contributed by atoms with Crippen LogP contribution in [0.4, 0.5) is 24.5 Å². The molecule has 27 heavy (non-hydrogen) atoms. The number of rotatable bonds is 2. The zero-order valence-electron chi connectivity index (χ0n) is 14.6. The third-order valence-electron chi connectivity index (χ3n) is 5.27. The lowest BCUT2D eigenvalue weighted by molar-refractivity contribution is -0.137. The Kier molecular flexibility index (Phi) is 5.20. The van der Waals surface area contributed by atoms with Crippen molar-refractivity contribution in [1.82, 2.24) is 0 Å². The van der Waals surface area contributed by atoms with E-state index in [-0.39, 0.29) is 6.04 Å². The molecule has 0 spiro atoms. The Morgan fingerprint density at radius 2 is 1.78 bits per heavy atom. The van der Waals surface area contributed by atoms with Crippen LogP contribution in [0.3, 0.4) is 0 Å². The van der Waals surface area contributed by atoms with Crippen molar-refractivity contribution in [3.8, 4) is 0 Å². The van der Waals surface area contributed by atoms with E-state index < -0.39 is 11.7 Å². The molecule has 0 bridgehead atoms. The van der Waals surface area contributed by atoms with E-state index in [4.69, 9.17) is 5.73 Å². The van der Waals surface area contributed by atoms with Crippen molar-refractivity contribution in [3.05, 3.63) is 46.4 Å². The van der Waals surface area contributed by atoms with Gasteiger partial charge in [-0.1, -0.05) is 34.1 Å². The Bertz CT molecular complexity index is 856. The number of halogens is 4. The van der Waals surface area contributed by atoms with Crippen LogP contribution in [0.2, 0.25) is 0 Å². The third-order valence-corrected chi connectivity index (χ3v) is 6.86. The van der Waals surface area contributed by atoms with Crippen LogP contribution in [0.25, 0.3) is 0 Å². The highest BCUT2D eigenvalue weighted by molar-refractivity contribution is 9.10. The smallest absolute Gasteiger partial charge is 0.339 e. The average molecular weight is 457 g/mol. The van der Waals surface area contributed by atoms with Gasteiger partial charge in [0.25, 0.3) is 0 Å². The van der Waals surface area contributed by atoms with Crippen LogP contribution in [-0.4, -0.2) is 12.6 Å². The van der Waals surface area contributed by atoms with Crippen molar-refractivity contribution in [1.29, 1.82) is 0 Å². The Morgan fingerprint density at radius 3 is 2.48 bits per heavy atom. The van der Waals surface area contributed by atoms with Gasteiger partial charge in [-0.25, -0.2) is 0 Å². The van der Waals surface area contributed by atoms with E-state index >= 15 is 0 Å². The predicted molar refractivity (Wildman–Crippen MR) is 107 cm³/mol. The van der Waals surface area contributed by atoms with Crippen LogP contribution in [-0.2, 0) is 6.18 Å². The summed E-state index contributed by atoms with van der Waals surface area (Å²) in [7, 11) is 0. The molecule has 0 aromatic heterocycles. The molecule has 144 valence electrons. The molecule has 2 aliphatic rings. The van der Waals surface area contributed by atoms with E-state index in [1.165, 1.54) is 23.9 Å². The fourth-order valence-corrected chi connectivity index (χ4v) is 5.68. The van der Waals surface area contributed by atoms with Gasteiger partial charge < -0.3 is 10.6 Å². The summed E-state index contributed by atoms with van der Waals surface area (Å²) in [5.74, 6) is 0.448. The van der Waals surface area contributed by atoms with Crippen LogP contribution in [0.15, 0.2) is 50.7 Å². The van der Waals surface area contributed by atoms with Gasteiger partial charge in [-0.3, -0.25) is 0 Å². The Hall–Kier alpha value is -1.18. The summed E-state index contributed by atoms with van der Waals surface area (Å²) < 4.78 is 40.5. The summed E-state index contributed by atoms with van der Waals surface area (Å²) in [6.45, 7) is 0.779. The number of benzene rings is 2. The van der Waals surface area contributed by atoms with Crippen LogP contribution in [0, 0.1) is 5.92 Å². The van der Waals surface area contributed by atoms with E-state index in [1.54, 1.807) is 6.07 Å². The molecule has 0 saturated heterocycles. The second-order valence-corrected chi connectivity index (χ2v) is 9.30. The van der Waals surface area contributed by atoms with Crippen molar-refractivity contribution in [2.45, 2.75) is 47.7 Å². The first kappa shape index (κ1) is 19.2. The van der Waals surface area contributed by atoms with Crippen molar-refractivity contribution in [2.75, 3.05) is 11.4 Å². The quantitative estimate of drug-likeness (QED) is 0.552. The fourth-order valence-electron chi connectivity index (χ4n) is 3.99. The van der Waals surface area contributed by atoms with Crippen molar-refractivity contribution < 1.29 is 13.2 Å². The molecular formula is C20H20BrF3N2S. The standard InChI is InChI=1S/C20H20BrF3N2S/c21-14-5-7-17-19(10-14)27-18-9-13(20(22,23)24)4-6-16(18)26(17)11-12-2-1-3-15(25)8-12/h4-7,9-10,12,15H,1-3,8,11,25H2. The Labute approximate surface area is 169 Å². The molecule has 2 unspecified atom stereocenters. The maximum atomic E-state index is 13.2. The largest absolute Gasteiger partial charge is 0.416 e. The molecular weight excluding hydrogens is 437 g/mol. The number of hydrogen-bond donors (Lipinski definition) is 1. The minimum atomic E-state index is -4.34. The van der Waals surface area contributed by atoms with E-state index in [2.05, 4.69) is 20.8 Å². The summed E-state index contributed by atoms with van der Waals surface area (Å²) in [4.78, 5) is 3.79. The third kappa shape index (κ3) is 4.00. The monoisotopic (exact) mass is 456 g/mol. The highest BCUT2D eigenvalue weighted by Crippen LogP contribution is 2.50. The SMILES string of the molecule is NC1CCCC(CN2c3ccc(Br)cc3Sc3cc(C(F)(F)F)ccc32)C1. The van der Waals surface area contributed by atoms with E-state index in [0.29, 0.717) is 10.8 Å². The van der Waals surface area contributed by atoms with Gasteiger partial charge in [-0.05, 0) is 61.6 Å². The molecule has 1 saturated carbocycles. The van der Waals surface area contributed by atoms with Crippen molar-refractivity contribution >= 4 is 39.1 Å². The summed E-state index contributed by atoms with van der Waals surface area (Å²) >= 11 is 4.87. The minimum absolute atomic E-state index is 0.222. The Morgan fingerprint density at radius 1 is 1.07 bits per heavy atom. The average Bonchev–Trinajstić information content (AvgIpc) is 2.60. The van der Waals surface area contributed by atoms with Gasteiger partial charge in [0.15, 0.2) is 0 Å². The van der Waals surface area contributed by atoms with Gasteiger partial charge in [-0.2, -0.15) is 13.2 Å². The van der Waals surface area contributed by atoms with Crippen LogP contribution in [0.5, 0.6) is 0 Å². The second kappa shape index (κ2) is 7.33. The van der Waals surface area contributed by atoms with Gasteiger partial charge in [-0.15, -0.1) is 0 Å². The zero-order valence-corrected chi connectivity index (χ0v) is 17.0. The van der Waals surface area contributed by atoms with E-state index in [1.807, 2.05) is 18.2 Å². The normalized spacial score (nSPS) is 22.3. The Balaban J connectivity index is 1.73. The lowest BCUT2D eigenvalue weighted by Crippen LogP contribution is -2.34. The fraction of sp³-hybridized carbons (Fsp3) is 0.400. The molecule has 2 aromatic rings. The van der Waals surface area contributed by atoms with E-state index in [0.717, 1.165) is 53.0 Å². The number of hydrogen-bond acceptors (Lipinski definition) is 3. The molecule has 4 rings (SSSR count). The van der Waals surface area contributed by atoms with Gasteiger partial charge in [0.2, 0.25) is 0 Å². The molecule has 1 aliphatic heterocycles. The second-order valence-electron chi connectivity index (χ2n) is 7.30. The molecule has 1 heterocycles. The molecule has 7 heteroatoms. The summed E-state index contributed by atoms with van der Waals surface area (Å²) in [6.07, 6.45) is -0.0956. The molecule has 0 amide bonds. The lowest BCUT2D eigenvalue weighted by Gasteiger charge is -2.37. The minimum Gasteiger partial charge on any atom is -0.339 e. The molecule has 2 nitrogen and oxygen atoms in total. The highest BCUT2D eigenvalue weighted by atomic mass is 79.9.